The SMILES string of the molecule is CC[C@H](C)N1C(=O)/C(=C/c2c(N3CCN(CC)CC3)nc3ccccn3c2=O)SC1=S. The van der Waals surface area contributed by atoms with Gasteiger partial charge in [-0.1, -0.05) is 43.9 Å². The number of likely N-dealkylation sites (N-methyl/N-ethyl adjacent to an activating group) is 1. The van der Waals surface area contributed by atoms with Gasteiger partial charge in [-0.25, -0.2) is 4.98 Å². The zero-order valence-electron chi connectivity index (χ0n) is 18.1. The number of amides is 1. The number of thiocarbonyl (C=S) groups is 1. The van der Waals surface area contributed by atoms with E-state index >= 15 is 0 Å². The number of piperazine rings is 1. The van der Waals surface area contributed by atoms with Gasteiger partial charge in [0, 0.05) is 38.4 Å². The maximum atomic E-state index is 13.4. The molecule has 2 aliphatic heterocycles. The van der Waals surface area contributed by atoms with Crippen molar-refractivity contribution in [2.24, 2.45) is 0 Å². The van der Waals surface area contributed by atoms with Crippen LogP contribution >= 0.6 is 24.0 Å². The highest BCUT2D eigenvalue weighted by molar-refractivity contribution is 8.26. The summed E-state index contributed by atoms with van der Waals surface area (Å²) in [6.07, 6.45) is 4.22. The van der Waals surface area contributed by atoms with Crippen molar-refractivity contribution >= 4 is 51.7 Å². The summed E-state index contributed by atoms with van der Waals surface area (Å²) in [6, 6.07) is 5.54. The first kappa shape index (κ1) is 22.0. The van der Waals surface area contributed by atoms with Gasteiger partial charge in [-0.05, 0) is 38.1 Å². The van der Waals surface area contributed by atoms with E-state index in [0.717, 1.165) is 39.1 Å². The second-order valence-electron chi connectivity index (χ2n) is 7.81. The Morgan fingerprint density at radius 3 is 2.61 bits per heavy atom. The number of rotatable bonds is 5. The van der Waals surface area contributed by atoms with Crippen LogP contribution in [-0.4, -0.2) is 68.2 Å². The Balaban J connectivity index is 1.80. The van der Waals surface area contributed by atoms with E-state index in [0.29, 0.717) is 26.3 Å². The predicted molar refractivity (Wildman–Crippen MR) is 131 cm³/mol. The van der Waals surface area contributed by atoms with Gasteiger partial charge >= 0.3 is 0 Å². The summed E-state index contributed by atoms with van der Waals surface area (Å²) in [7, 11) is 0. The highest BCUT2D eigenvalue weighted by atomic mass is 32.2. The maximum Gasteiger partial charge on any atom is 0.267 e. The minimum absolute atomic E-state index is 0.0239. The van der Waals surface area contributed by atoms with E-state index in [9.17, 15) is 9.59 Å². The fraction of sp³-hybridized carbons (Fsp3) is 0.455. The molecule has 4 heterocycles. The molecule has 9 heteroatoms. The largest absolute Gasteiger partial charge is 0.353 e. The summed E-state index contributed by atoms with van der Waals surface area (Å²) in [5.41, 5.74) is 0.871. The third-order valence-electron chi connectivity index (χ3n) is 6.00. The number of fused-ring (bicyclic) bond motifs is 1. The normalized spacial score (nSPS) is 20.3. The van der Waals surface area contributed by atoms with Gasteiger partial charge in [-0.2, -0.15) is 0 Å². The minimum Gasteiger partial charge on any atom is -0.353 e. The van der Waals surface area contributed by atoms with Gasteiger partial charge < -0.3 is 9.80 Å². The lowest BCUT2D eigenvalue weighted by Crippen LogP contribution is -2.47. The molecular weight excluding hydrogens is 430 g/mol. The molecule has 164 valence electrons. The molecule has 7 nitrogen and oxygen atoms in total. The second-order valence-corrected chi connectivity index (χ2v) is 9.49. The number of carbonyl (C=O) groups is 1. The van der Waals surface area contributed by atoms with Crippen LogP contribution in [0.3, 0.4) is 0 Å². The Bertz CT molecular complexity index is 1100. The quantitative estimate of drug-likeness (QED) is 0.505. The lowest BCUT2D eigenvalue weighted by Gasteiger charge is -2.35. The fourth-order valence-electron chi connectivity index (χ4n) is 3.91. The molecule has 0 spiro atoms. The van der Waals surface area contributed by atoms with Gasteiger partial charge in [-0.3, -0.25) is 18.9 Å². The Morgan fingerprint density at radius 1 is 1.19 bits per heavy atom. The highest BCUT2D eigenvalue weighted by Crippen LogP contribution is 2.35. The Morgan fingerprint density at radius 2 is 1.94 bits per heavy atom. The van der Waals surface area contributed by atoms with E-state index in [-0.39, 0.29) is 17.5 Å². The van der Waals surface area contributed by atoms with Crippen molar-refractivity contribution < 1.29 is 4.79 Å². The van der Waals surface area contributed by atoms with Crippen LogP contribution < -0.4 is 10.5 Å². The van der Waals surface area contributed by atoms with Gasteiger partial charge in [-0.15, -0.1) is 0 Å². The van der Waals surface area contributed by atoms with Crippen LogP contribution in [0.4, 0.5) is 5.82 Å². The number of nitrogens with zero attached hydrogens (tertiary/aromatic N) is 5. The summed E-state index contributed by atoms with van der Waals surface area (Å²) in [6.45, 7) is 10.6. The Hall–Kier alpha value is -2.23. The zero-order chi connectivity index (χ0) is 22.1. The van der Waals surface area contributed by atoms with E-state index in [1.54, 1.807) is 17.2 Å². The van der Waals surface area contributed by atoms with Crippen molar-refractivity contribution in [2.45, 2.75) is 33.2 Å². The van der Waals surface area contributed by atoms with E-state index in [1.807, 2.05) is 32.0 Å². The topological polar surface area (TPSA) is 61.2 Å². The van der Waals surface area contributed by atoms with Gasteiger partial charge in [0.25, 0.3) is 11.5 Å². The summed E-state index contributed by atoms with van der Waals surface area (Å²) in [5, 5.41) is 0. The van der Waals surface area contributed by atoms with Crippen LogP contribution in [0, 0.1) is 0 Å². The molecular formula is C22H27N5O2S2. The van der Waals surface area contributed by atoms with Crippen LogP contribution in [-0.2, 0) is 4.79 Å². The number of hydrogen-bond donors (Lipinski definition) is 0. The molecule has 2 fully saturated rings. The standard InChI is InChI=1S/C22H27N5O2S2/c1-4-15(3)27-21(29)17(31-22(27)30)14-16-19(25-12-10-24(5-2)11-13-25)23-18-8-6-7-9-26(18)20(16)28/h6-9,14-15H,4-5,10-13H2,1-3H3/b17-14-/t15-/m0/s1. The average molecular weight is 458 g/mol. The second kappa shape index (κ2) is 9.10. The molecule has 1 amide bonds. The molecule has 0 radical (unpaired) electrons. The number of pyridine rings is 1. The number of hydrogen-bond acceptors (Lipinski definition) is 7. The smallest absolute Gasteiger partial charge is 0.267 e. The minimum atomic E-state index is -0.174. The molecule has 2 aromatic heterocycles. The molecule has 4 rings (SSSR count). The number of carbonyl (C=O) groups excluding carboxylic acids is 1. The molecule has 2 saturated heterocycles. The number of thioether (sulfide) groups is 1. The highest BCUT2D eigenvalue weighted by Gasteiger charge is 2.35. The Kier molecular flexibility index (Phi) is 6.45. The molecule has 0 saturated carbocycles. The molecule has 0 aliphatic carbocycles. The monoisotopic (exact) mass is 457 g/mol. The van der Waals surface area contributed by atoms with Gasteiger partial charge in [0.15, 0.2) is 0 Å². The van der Waals surface area contributed by atoms with E-state index in [4.69, 9.17) is 17.2 Å². The van der Waals surface area contributed by atoms with Crippen molar-refractivity contribution in [2.75, 3.05) is 37.6 Å². The Labute approximate surface area is 191 Å². The molecule has 0 N–H and O–H groups in total. The first-order valence-electron chi connectivity index (χ1n) is 10.7. The molecule has 31 heavy (non-hydrogen) atoms. The van der Waals surface area contributed by atoms with Gasteiger partial charge in [0.05, 0.1) is 10.5 Å². The first-order valence-corrected chi connectivity index (χ1v) is 11.9. The fourth-order valence-corrected chi connectivity index (χ4v) is 5.35. The maximum absolute atomic E-state index is 13.4. The van der Waals surface area contributed by atoms with Crippen molar-refractivity contribution in [1.82, 2.24) is 19.2 Å². The van der Waals surface area contributed by atoms with Crippen molar-refractivity contribution in [3.8, 4) is 0 Å². The zero-order valence-corrected chi connectivity index (χ0v) is 19.7. The van der Waals surface area contributed by atoms with Crippen molar-refractivity contribution in [3.05, 3.63) is 45.2 Å². The van der Waals surface area contributed by atoms with Crippen molar-refractivity contribution in [1.29, 1.82) is 0 Å². The van der Waals surface area contributed by atoms with Crippen LogP contribution in [0.1, 0.15) is 32.8 Å². The lowest BCUT2D eigenvalue weighted by atomic mass is 10.2. The molecule has 2 aliphatic rings. The summed E-state index contributed by atoms with van der Waals surface area (Å²) < 4.78 is 2.07. The van der Waals surface area contributed by atoms with E-state index in [2.05, 4.69) is 16.7 Å². The molecule has 0 aromatic carbocycles. The molecule has 0 bridgehead atoms. The number of aromatic nitrogens is 2. The van der Waals surface area contributed by atoms with E-state index in [1.165, 1.54) is 16.2 Å². The first-order chi connectivity index (χ1) is 14.9. The third-order valence-corrected chi connectivity index (χ3v) is 7.33. The summed E-state index contributed by atoms with van der Waals surface area (Å²) in [5.74, 6) is 0.504. The van der Waals surface area contributed by atoms with Crippen LogP contribution in [0.25, 0.3) is 11.7 Å². The van der Waals surface area contributed by atoms with Gasteiger partial charge in [0.2, 0.25) is 0 Å². The summed E-state index contributed by atoms with van der Waals surface area (Å²) in [4.78, 5) is 38.0. The van der Waals surface area contributed by atoms with Crippen LogP contribution in [0.5, 0.6) is 0 Å². The van der Waals surface area contributed by atoms with Crippen LogP contribution in [0.15, 0.2) is 34.1 Å². The molecule has 0 unspecified atom stereocenters. The van der Waals surface area contributed by atoms with E-state index < -0.39 is 0 Å². The third kappa shape index (κ3) is 4.14. The molecule has 2 aromatic rings. The lowest BCUT2D eigenvalue weighted by molar-refractivity contribution is -0.123. The van der Waals surface area contributed by atoms with Crippen molar-refractivity contribution in [3.63, 3.8) is 0 Å². The summed E-state index contributed by atoms with van der Waals surface area (Å²) >= 11 is 6.72. The van der Waals surface area contributed by atoms with Gasteiger partial charge in [0.1, 0.15) is 15.8 Å². The average Bonchev–Trinajstić information content (AvgIpc) is 3.08. The molecule has 1 atom stereocenters. The number of anilines is 1. The van der Waals surface area contributed by atoms with Crippen LogP contribution in [0.2, 0.25) is 0 Å². The predicted octanol–water partition coefficient (Wildman–Crippen LogP) is 2.84.